The molecule has 0 aromatic heterocycles. The lowest BCUT2D eigenvalue weighted by atomic mass is 10.0. The molecular formula is C14H11BrCl2O. The molecular weight excluding hydrogens is 335 g/mol. The van der Waals surface area contributed by atoms with Crippen molar-refractivity contribution in [1.29, 1.82) is 0 Å². The molecule has 0 saturated heterocycles. The first-order chi connectivity index (χ1) is 8.61. The maximum absolute atomic E-state index is 6.46. The zero-order valence-electron chi connectivity index (χ0n) is 9.66. The number of benzene rings is 2. The van der Waals surface area contributed by atoms with Crippen LogP contribution in [-0.4, -0.2) is 7.11 Å². The highest BCUT2D eigenvalue weighted by molar-refractivity contribution is 9.10. The molecule has 2 aromatic carbocycles. The first-order valence-corrected chi connectivity index (χ1v) is 6.95. The third-order valence-corrected chi connectivity index (χ3v) is 3.96. The minimum atomic E-state index is -0.277. The second-order valence-corrected chi connectivity index (χ2v) is 5.56. The van der Waals surface area contributed by atoms with Crippen molar-refractivity contribution in [3.05, 3.63) is 63.1 Å². The fourth-order valence-corrected chi connectivity index (χ4v) is 2.65. The van der Waals surface area contributed by atoms with Crippen molar-refractivity contribution in [2.24, 2.45) is 0 Å². The largest absolute Gasteiger partial charge is 0.497 e. The summed E-state index contributed by atoms with van der Waals surface area (Å²) >= 11 is 16.1. The van der Waals surface area contributed by atoms with Crippen LogP contribution in [0.4, 0.5) is 0 Å². The summed E-state index contributed by atoms with van der Waals surface area (Å²) in [6, 6.07) is 13.3. The van der Waals surface area contributed by atoms with E-state index in [2.05, 4.69) is 15.9 Å². The van der Waals surface area contributed by atoms with Crippen LogP contribution < -0.4 is 4.74 Å². The molecule has 2 rings (SSSR count). The molecule has 0 radical (unpaired) electrons. The van der Waals surface area contributed by atoms with Gasteiger partial charge in [-0.15, -0.1) is 11.6 Å². The summed E-state index contributed by atoms with van der Waals surface area (Å²) in [7, 11) is 1.64. The SMILES string of the molecule is COc1ccc(C(Cl)c2cc(Br)ccc2Cl)cc1. The van der Waals surface area contributed by atoms with Gasteiger partial charge < -0.3 is 4.74 Å². The molecule has 0 aliphatic heterocycles. The Hall–Kier alpha value is -0.700. The molecule has 0 saturated carbocycles. The van der Waals surface area contributed by atoms with E-state index in [1.165, 1.54) is 0 Å². The van der Waals surface area contributed by atoms with Gasteiger partial charge in [0, 0.05) is 9.50 Å². The number of rotatable bonds is 3. The summed E-state index contributed by atoms with van der Waals surface area (Å²) in [6.07, 6.45) is 0. The van der Waals surface area contributed by atoms with Gasteiger partial charge in [-0.1, -0.05) is 39.7 Å². The van der Waals surface area contributed by atoms with E-state index in [1.807, 2.05) is 42.5 Å². The van der Waals surface area contributed by atoms with E-state index in [0.29, 0.717) is 5.02 Å². The zero-order valence-corrected chi connectivity index (χ0v) is 12.8. The van der Waals surface area contributed by atoms with Crippen LogP contribution in [0.3, 0.4) is 0 Å². The van der Waals surface area contributed by atoms with Crippen molar-refractivity contribution in [2.75, 3.05) is 7.11 Å². The van der Waals surface area contributed by atoms with E-state index in [-0.39, 0.29) is 5.38 Å². The van der Waals surface area contributed by atoms with Gasteiger partial charge in [-0.2, -0.15) is 0 Å². The second kappa shape index (κ2) is 5.96. The van der Waals surface area contributed by atoms with E-state index >= 15 is 0 Å². The highest BCUT2D eigenvalue weighted by atomic mass is 79.9. The van der Waals surface area contributed by atoms with Crippen LogP contribution in [0.5, 0.6) is 5.75 Å². The minimum absolute atomic E-state index is 0.277. The van der Waals surface area contributed by atoms with E-state index in [0.717, 1.165) is 21.3 Å². The van der Waals surface area contributed by atoms with Crippen LogP contribution >= 0.6 is 39.1 Å². The Balaban J connectivity index is 2.34. The van der Waals surface area contributed by atoms with Crippen molar-refractivity contribution >= 4 is 39.1 Å². The Bertz CT molecular complexity index is 540. The molecule has 1 nitrogen and oxygen atoms in total. The number of hydrogen-bond donors (Lipinski definition) is 0. The molecule has 18 heavy (non-hydrogen) atoms. The maximum atomic E-state index is 6.46. The first-order valence-electron chi connectivity index (χ1n) is 5.35. The van der Waals surface area contributed by atoms with Crippen LogP contribution in [-0.2, 0) is 0 Å². The Kier molecular flexibility index (Phi) is 4.55. The van der Waals surface area contributed by atoms with E-state index in [4.69, 9.17) is 27.9 Å². The fraction of sp³-hybridized carbons (Fsp3) is 0.143. The lowest BCUT2D eigenvalue weighted by molar-refractivity contribution is 0.414. The predicted octanol–water partition coefficient (Wildman–Crippen LogP) is 5.44. The van der Waals surface area contributed by atoms with Crippen molar-refractivity contribution in [3.8, 4) is 5.75 Å². The second-order valence-electron chi connectivity index (χ2n) is 3.80. The first kappa shape index (κ1) is 13.7. The van der Waals surface area contributed by atoms with Gasteiger partial charge in [-0.25, -0.2) is 0 Å². The number of hydrogen-bond acceptors (Lipinski definition) is 1. The molecule has 0 amide bonds. The van der Waals surface area contributed by atoms with Crippen LogP contribution in [0.15, 0.2) is 46.9 Å². The van der Waals surface area contributed by atoms with Crippen LogP contribution in [0.2, 0.25) is 5.02 Å². The lowest BCUT2D eigenvalue weighted by Gasteiger charge is -2.13. The van der Waals surface area contributed by atoms with Gasteiger partial charge in [-0.3, -0.25) is 0 Å². The molecule has 94 valence electrons. The van der Waals surface area contributed by atoms with Gasteiger partial charge in [0.15, 0.2) is 0 Å². The standard InChI is InChI=1S/C14H11BrCl2O/c1-18-11-5-2-9(3-6-11)14(17)12-8-10(15)4-7-13(12)16/h2-8,14H,1H3. The average Bonchev–Trinajstić information content (AvgIpc) is 2.41. The van der Waals surface area contributed by atoms with Gasteiger partial charge in [0.25, 0.3) is 0 Å². The zero-order chi connectivity index (χ0) is 13.1. The summed E-state index contributed by atoms with van der Waals surface area (Å²) in [5.41, 5.74) is 1.87. The van der Waals surface area contributed by atoms with E-state index in [9.17, 15) is 0 Å². The van der Waals surface area contributed by atoms with Crippen LogP contribution in [0, 0.1) is 0 Å². The molecule has 0 N–H and O–H groups in total. The van der Waals surface area contributed by atoms with Crippen molar-refractivity contribution in [2.45, 2.75) is 5.38 Å². The topological polar surface area (TPSA) is 9.23 Å². The van der Waals surface area contributed by atoms with Crippen molar-refractivity contribution in [3.63, 3.8) is 0 Å². The van der Waals surface area contributed by atoms with Gasteiger partial charge in [0.1, 0.15) is 5.75 Å². The molecule has 4 heteroatoms. The number of alkyl halides is 1. The third-order valence-electron chi connectivity index (χ3n) is 2.64. The highest BCUT2D eigenvalue weighted by Gasteiger charge is 2.14. The number of ether oxygens (including phenoxy) is 1. The molecule has 1 atom stereocenters. The van der Waals surface area contributed by atoms with Gasteiger partial charge in [-0.05, 0) is 41.5 Å². The summed E-state index contributed by atoms with van der Waals surface area (Å²) in [6.45, 7) is 0. The molecule has 0 spiro atoms. The van der Waals surface area contributed by atoms with Gasteiger partial charge in [0.05, 0.1) is 12.5 Å². The Morgan fingerprint density at radius 3 is 2.39 bits per heavy atom. The van der Waals surface area contributed by atoms with Gasteiger partial charge >= 0.3 is 0 Å². The molecule has 0 heterocycles. The Morgan fingerprint density at radius 1 is 1.11 bits per heavy atom. The minimum Gasteiger partial charge on any atom is -0.497 e. The third kappa shape index (κ3) is 3.00. The van der Waals surface area contributed by atoms with Crippen LogP contribution in [0.1, 0.15) is 16.5 Å². The fourth-order valence-electron chi connectivity index (χ4n) is 1.66. The monoisotopic (exact) mass is 344 g/mol. The summed E-state index contributed by atoms with van der Waals surface area (Å²) in [5, 5.41) is 0.384. The normalized spacial score (nSPS) is 12.2. The molecule has 0 bridgehead atoms. The molecule has 1 unspecified atom stereocenters. The Morgan fingerprint density at radius 2 is 1.78 bits per heavy atom. The molecule has 2 aromatic rings. The van der Waals surface area contributed by atoms with E-state index in [1.54, 1.807) is 7.11 Å². The summed E-state index contributed by atoms with van der Waals surface area (Å²) in [5.74, 6) is 0.808. The van der Waals surface area contributed by atoms with Crippen molar-refractivity contribution < 1.29 is 4.74 Å². The maximum Gasteiger partial charge on any atom is 0.118 e. The smallest absolute Gasteiger partial charge is 0.118 e. The lowest BCUT2D eigenvalue weighted by Crippen LogP contribution is -1.95. The number of halogens is 3. The average molecular weight is 346 g/mol. The van der Waals surface area contributed by atoms with Crippen LogP contribution in [0.25, 0.3) is 0 Å². The summed E-state index contributed by atoms with van der Waals surface area (Å²) < 4.78 is 6.08. The molecule has 0 aliphatic rings. The summed E-state index contributed by atoms with van der Waals surface area (Å²) in [4.78, 5) is 0. The Labute approximate surface area is 125 Å². The number of methoxy groups -OCH3 is 1. The molecule has 0 fully saturated rings. The highest BCUT2D eigenvalue weighted by Crippen LogP contribution is 2.35. The quantitative estimate of drug-likeness (QED) is 0.673. The van der Waals surface area contributed by atoms with E-state index < -0.39 is 0 Å². The van der Waals surface area contributed by atoms with Gasteiger partial charge in [0.2, 0.25) is 0 Å². The molecule has 0 aliphatic carbocycles. The van der Waals surface area contributed by atoms with Crippen molar-refractivity contribution in [1.82, 2.24) is 0 Å². The predicted molar refractivity (Wildman–Crippen MR) is 79.8 cm³/mol.